The Morgan fingerprint density at radius 2 is 1.64 bits per heavy atom. The maximum absolute atomic E-state index is 12.9. The van der Waals surface area contributed by atoms with Crippen LogP contribution in [0.1, 0.15) is 46.8 Å². The fourth-order valence-corrected chi connectivity index (χ4v) is 4.00. The van der Waals surface area contributed by atoms with E-state index in [1.807, 2.05) is 69.3 Å². The summed E-state index contributed by atoms with van der Waals surface area (Å²) in [5, 5.41) is 3.02. The molecule has 0 radical (unpaired) electrons. The number of rotatable bonds is 9. The molecule has 4 rings (SSSR count). The van der Waals surface area contributed by atoms with E-state index in [1.54, 1.807) is 12.1 Å². The monoisotopic (exact) mass is 483 g/mol. The highest BCUT2D eigenvalue weighted by molar-refractivity contribution is 6.05. The molecule has 0 bridgehead atoms. The van der Waals surface area contributed by atoms with E-state index in [-0.39, 0.29) is 5.91 Å². The molecule has 0 saturated carbocycles. The number of oxazole rings is 1. The maximum Gasteiger partial charge on any atom is 0.255 e. The van der Waals surface area contributed by atoms with Gasteiger partial charge in [-0.25, -0.2) is 4.98 Å². The number of anilines is 2. The Hall–Kier alpha value is -4.06. The van der Waals surface area contributed by atoms with Crippen molar-refractivity contribution in [2.75, 3.05) is 23.3 Å². The van der Waals surface area contributed by atoms with Crippen molar-refractivity contribution in [2.24, 2.45) is 0 Å². The van der Waals surface area contributed by atoms with Crippen molar-refractivity contribution in [2.45, 2.75) is 41.2 Å². The molecule has 0 saturated heterocycles. The SMILES string of the molecule is CCN(CC)c1ccc(NC(=O)c2ccc(-c3nc(COc4ccc(C)cc4)c(C)o3)cc2)c(C)c1. The molecule has 36 heavy (non-hydrogen) atoms. The van der Waals surface area contributed by atoms with E-state index in [1.165, 1.54) is 5.56 Å². The molecule has 1 heterocycles. The molecule has 1 amide bonds. The van der Waals surface area contributed by atoms with Crippen molar-refractivity contribution in [3.8, 4) is 17.2 Å². The summed E-state index contributed by atoms with van der Waals surface area (Å²) in [5.74, 6) is 1.85. The quantitative estimate of drug-likeness (QED) is 0.279. The van der Waals surface area contributed by atoms with Crippen molar-refractivity contribution in [3.63, 3.8) is 0 Å². The molecule has 1 aromatic heterocycles. The fraction of sp³-hybridized carbons (Fsp3) is 0.267. The minimum atomic E-state index is -0.156. The molecule has 0 aliphatic rings. The van der Waals surface area contributed by atoms with Crippen LogP contribution in [0.15, 0.2) is 71.1 Å². The van der Waals surface area contributed by atoms with Crippen molar-refractivity contribution in [3.05, 3.63) is 94.9 Å². The van der Waals surface area contributed by atoms with Gasteiger partial charge >= 0.3 is 0 Å². The number of hydrogen-bond acceptors (Lipinski definition) is 5. The summed E-state index contributed by atoms with van der Waals surface area (Å²) in [5.41, 5.74) is 6.29. The molecule has 6 nitrogen and oxygen atoms in total. The average Bonchev–Trinajstić information content (AvgIpc) is 3.26. The fourth-order valence-electron chi connectivity index (χ4n) is 4.00. The third kappa shape index (κ3) is 5.77. The van der Waals surface area contributed by atoms with Crippen LogP contribution in [0.2, 0.25) is 0 Å². The Balaban J connectivity index is 1.41. The van der Waals surface area contributed by atoms with E-state index >= 15 is 0 Å². The molecule has 4 aromatic rings. The molecule has 0 unspecified atom stereocenters. The molecule has 186 valence electrons. The second kappa shape index (κ2) is 11.1. The lowest BCUT2D eigenvalue weighted by Gasteiger charge is -2.22. The molecule has 3 aromatic carbocycles. The van der Waals surface area contributed by atoms with Crippen molar-refractivity contribution < 1.29 is 13.9 Å². The first-order valence-corrected chi connectivity index (χ1v) is 12.3. The van der Waals surface area contributed by atoms with Crippen LogP contribution in [-0.4, -0.2) is 24.0 Å². The van der Waals surface area contributed by atoms with Gasteiger partial charge in [-0.15, -0.1) is 0 Å². The highest BCUT2D eigenvalue weighted by Gasteiger charge is 2.14. The van der Waals surface area contributed by atoms with Gasteiger partial charge in [-0.3, -0.25) is 4.79 Å². The van der Waals surface area contributed by atoms with Crippen LogP contribution in [0.5, 0.6) is 5.75 Å². The normalized spacial score (nSPS) is 10.8. The molecule has 0 fully saturated rings. The van der Waals surface area contributed by atoms with Gasteiger partial charge in [-0.05, 0) is 94.8 Å². The summed E-state index contributed by atoms with van der Waals surface area (Å²) in [7, 11) is 0. The first-order valence-electron chi connectivity index (χ1n) is 12.3. The summed E-state index contributed by atoms with van der Waals surface area (Å²) in [6, 6.07) is 21.3. The van der Waals surface area contributed by atoms with E-state index < -0.39 is 0 Å². The number of nitrogens with zero attached hydrogens (tertiary/aromatic N) is 2. The smallest absolute Gasteiger partial charge is 0.255 e. The minimum absolute atomic E-state index is 0.156. The lowest BCUT2D eigenvalue weighted by Crippen LogP contribution is -2.22. The number of nitrogens with one attached hydrogen (secondary N) is 1. The average molecular weight is 484 g/mol. The lowest BCUT2D eigenvalue weighted by molar-refractivity contribution is 0.102. The zero-order valence-electron chi connectivity index (χ0n) is 21.6. The van der Waals surface area contributed by atoms with Gasteiger partial charge < -0.3 is 19.4 Å². The van der Waals surface area contributed by atoms with E-state index in [0.29, 0.717) is 23.8 Å². The van der Waals surface area contributed by atoms with Gasteiger partial charge in [0.15, 0.2) is 0 Å². The van der Waals surface area contributed by atoms with Gasteiger partial charge in [-0.2, -0.15) is 0 Å². The van der Waals surface area contributed by atoms with Crippen LogP contribution < -0.4 is 15.0 Å². The number of carbonyl (C=O) groups is 1. The molecule has 1 N–H and O–H groups in total. The van der Waals surface area contributed by atoms with Crippen molar-refractivity contribution in [1.29, 1.82) is 0 Å². The summed E-state index contributed by atoms with van der Waals surface area (Å²) >= 11 is 0. The standard InChI is InChI=1S/C30H33N3O3/c1-6-33(7-2)25-14-17-27(21(4)18-25)31-29(34)23-10-12-24(13-11-23)30-32-28(22(5)36-30)19-35-26-15-8-20(3)9-16-26/h8-18H,6-7,19H2,1-5H3,(H,31,34). The minimum Gasteiger partial charge on any atom is -0.487 e. The number of amides is 1. The number of carbonyl (C=O) groups excluding carboxylic acids is 1. The Morgan fingerprint density at radius 3 is 2.28 bits per heavy atom. The largest absolute Gasteiger partial charge is 0.487 e. The number of aryl methyl sites for hydroxylation is 3. The van der Waals surface area contributed by atoms with Gasteiger partial charge in [0.05, 0.1) is 0 Å². The van der Waals surface area contributed by atoms with Crippen LogP contribution in [0.3, 0.4) is 0 Å². The first-order chi connectivity index (χ1) is 17.4. The molecule has 0 atom stereocenters. The zero-order valence-corrected chi connectivity index (χ0v) is 21.6. The second-order valence-electron chi connectivity index (χ2n) is 8.83. The van der Waals surface area contributed by atoms with Gasteiger partial charge in [0.25, 0.3) is 5.91 Å². The van der Waals surface area contributed by atoms with Crippen LogP contribution >= 0.6 is 0 Å². The predicted octanol–water partition coefficient (Wildman–Crippen LogP) is 6.94. The number of ether oxygens (including phenoxy) is 1. The summed E-state index contributed by atoms with van der Waals surface area (Å²) in [6.07, 6.45) is 0. The van der Waals surface area contributed by atoms with Gasteiger partial charge in [0.1, 0.15) is 23.8 Å². The maximum atomic E-state index is 12.9. The summed E-state index contributed by atoms with van der Waals surface area (Å²) in [6.45, 7) is 12.4. The van der Waals surface area contributed by atoms with Crippen LogP contribution in [0.4, 0.5) is 11.4 Å². The second-order valence-corrected chi connectivity index (χ2v) is 8.83. The third-order valence-corrected chi connectivity index (χ3v) is 6.27. The van der Waals surface area contributed by atoms with Gasteiger partial charge in [-0.1, -0.05) is 17.7 Å². The zero-order chi connectivity index (χ0) is 25.7. The van der Waals surface area contributed by atoms with Crippen LogP contribution in [0.25, 0.3) is 11.5 Å². The van der Waals surface area contributed by atoms with Crippen molar-refractivity contribution in [1.82, 2.24) is 4.98 Å². The lowest BCUT2D eigenvalue weighted by atomic mass is 10.1. The number of hydrogen-bond donors (Lipinski definition) is 1. The van der Waals surface area contributed by atoms with Crippen molar-refractivity contribution >= 4 is 17.3 Å². The van der Waals surface area contributed by atoms with E-state index in [9.17, 15) is 4.79 Å². The predicted molar refractivity (Wildman–Crippen MR) is 145 cm³/mol. The Labute approximate surface area is 212 Å². The highest BCUT2D eigenvalue weighted by atomic mass is 16.5. The topological polar surface area (TPSA) is 67.6 Å². The van der Waals surface area contributed by atoms with E-state index in [2.05, 4.69) is 35.1 Å². The van der Waals surface area contributed by atoms with Crippen LogP contribution in [0, 0.1) is 20.8 Å². The molecule has 0 spiro atoms. The summed E-state index contributed by atoms with van der Waals surface area (Å²) in [4.78, 5) is 19.8. The Morgan fingerprint density at radius 1 is 0.944 bits per heavy atom. The molecular weight excluding hydrogens is 450 g/mol. The third-order valence-electron chi connectivity index (χ3n) is 6.27. The number of benzene rings is 3. The van der Waals surface area contributed by atoms with E-state index in [0.717, 1.165) is 47.0 Å². The summed E-state index contributed by atoms with van der Waals surface area (Å²) < 4.78 is 11.7. The van der Waals surface area contributed by atoms with Crippen LogP contribution in [-0.2, 0) is 6.61 Å². The highest BCUT2D eigenvalue weighted by Crippen LogP contribution is 2.25. The molecule has 0 aliphatic carbocycles. The Kier molecular flexibility index (Phi) is 7.74. The first kappa shape index (κ1) is 25.0. The number of aromatic nitrogens is 1. The van der Waals surface area contributed by atoms with E-state index in [4.69, 9.17) is 9.15 Å². The van der Waals surface area contributed by atoms with Gasteiger partial charge in [0, 0.05) is 35.6 Å². The molecule has 0 aliphatic heterocycles. The Bertz CT molecular complexity index is 1320. The molecule has 6 heteroatoms. The molecular formula is C30H33N3O3. The van der Waals surface area contributed by atoms with Gasteiger partial charge in [0.2, 0.25) is 5.89 Å².